The van der Waals surface area contributed by atoms with Crippen molar-refractivity contribution in [3.05, 3.63) is 23.9 Å². The molecule has 2 heterocycles. The fraction of sp³-hybridized carbons (Fsp3) is 0.625. The maximum atomic E-state index is 11.2. The van der Waals surface area contributed by atoms with E-state index in [-0.39, 0.29) is 6.04 Å². The Labute approximate surface area is 120 Å². The van der Waals surface area contributed by atoms with E-state index >= 15 is 0 Å². The lowest BCUT2D eigenvalue weighted by Crippen LogP contribution is -2.26. The maximum Gasteiger partial charge on any atom is 0.210 e. The Balaban J connectivity index is 1.78. The molecule has 3 rings (SSSR count). The molecule has 1 saturated carbocycles. The summed E-state index contributed by atoms with van der Waals surface area (Å²) < 4.78 is 0. The van der Waals surface area contributed by atoms with Crippen molar-refractivity contribution in [2.45, 2.75) is 57.0 Å². The van der Waals surface area contributed by atoms with Crippen molar-refractivity contribution in [2.75, 3.05) is 11.9 Å². The van der Waals surface area contributed by atoms with Gasteiger partial charge in [-0.25, -0.2) is 4.98 Å². The Morgan fingerprint density at radius 3 is 2.85 bits per heavy atom. The SMILES string of the molecule is O=CN1CCC[C@H]1c1cccnc1NC1CCCCC1. The van der Waals surface area contributed by atoms with E-state index in [4.69, 9.17) is 0 Å². The quantitative estimate of drug-likeness (QED) is 0.857. The van der Waals surface area contributed by atoms with E-state index in [0.717, 1.165) is 31.6 Å². The molecule has 2 aliphatic rings. The van der Waals surface area contributed by atoms with Crippen molar-refractivity contribution in [2.24, 2.45) is 0 Å². The Kier molecular flexibility index (Phi) is 4.19. The summed E-state index contributed by atoms with van der Waals surface area (Å²) in [5.41, 5.74) is 1.18. The van der Waals surface area contributed by atoms with Gasteiger partial charge in [0.15, 0.2) is 0 Å². The van der Waals surface area contributed by atoms with Crippen molar-refractivity contribution in [1.29, 1.82) is 0 Å². The Hall–Kier alpha value is -1.58. The van der Waals surface area contributed by atoms with Crippen LogP contribution in [0.2, 0.25) is 0 Å². The topological polar surface area (TPSA) is 45.2 Å². The fourth-order valence-electron chi connectivity index (χ4n) is 3.50. The number of nitrogens with one attached hydrogen (secondary N) is 1. The van der Waals surface area contributed by atoms with Crippen LogP contribution in [0.4, 0.5) is 5.82 Å². The van der Waals surface area contributed by atoms with Crippen LogP contribution in [0, 0.1) is 0 Å². The van der Waals surface area contributed by atoms with Gasteiger partial charge in [-0.3, -0.25) is 4.79 Å². The molecule has 0 unspecified atom stereocenters. The fourth-order valence-corrected chi connectivity index (χ4v) is 3.50. The third-order valence-electron chi connectivity index (χ3n) is 4.57. The third-order valence-corrected chi connectivity index (χ3v) is 4.57. The van der Waals surface area contributed by atoms with Gasteiger partial charge >= 0.3 is 0 Å². The molecule has 20 heavy (non-hydrogen) atoms. The minimum atomic E-state index is 0.201. The van der Waals surface area contributed by atoms with Crippen molar-refractivity contribution < 1.29 is 4.79 Å². The summed E-state index contributed by atoms with van der Waals surface area (Å²) in [5.74, 6) is 0.984. The number of pyridine rings is 1. The molecular formula is C16H23N3O. The van der Waals surface area contributed by atoms with Gasteiger partial charge in [0.05, 0.1) is 6.04 Å². The second-order valence-corrected chi connectivity index (χ2v) is 5.92. The molecule has 0 radical (unpaired) electrons. The first kappa shape index (κ1) is 13.4. The molecule has 1 N–H and O–H groups in total. The Morgan fingerprint density at radius 1 is 1.20 bits per heavy atom. The Bertz CT molecular complexity index is 457. The zero-order valence-electron chi connectivity index (χ0n) is 11.9. The van der Waals surface area contributed by atoms with Crippen LogP contribution in [0.25, 0.3) is 0 Å². The summed E-state index contributed by atoms with van der Waals surface area (Å²) in [4.78, 5) is 17.6. The predicted molar refractivity (Wildman–Crippen MR) is 79.5 cm³/mol. The number of rotatable bonds is 4. The number of hydrogen-bond acceptors (Lipinski definition) is 3. The van der Waals surface area contributed by atoms with Crippen LogP contribution in [-0.4, -0.2) is 28.9 Å². The first-order valence-corrected chi connectivity index (χ1v) is 7.81. The summed E-state index contributed by atoms with van der Waals surface area (Å²) in [5, 5.41) is 3.62. The van der Waals surface area contributed by atoms with Crippen LogP contribution in [0.15, 0.2) is 18.3 Å². The van der Waals surface area contributed by atoms with Crippen LogP contribution in [-0.2, 0) is 4.79 Å². The highest BCUT2D eigenvalue weighted by molar-refractivity contribution is 5.53. The molecule has 4 heteroatoms. The maximum absolute atomic E-state index is 11.2. The van der Waals surface area contributed by atoms with E-state index in [1.807, 2.05) is 17.2 Å². The van der Waals surface area contributed by atoms with E-state index in [1.165, 1.54) is 37.7 Å². The lowest BCUT2D eigenvalue weighted by Gasteiger charge is -2.27. The van der Waals surface area contributed by atoms with Gasteiger partial charge in [-0.05, 0) is 31.7 Å². The monoisotopic (exact) mass is 273 g/mol. The number of hydrogen-bond donors (Lipinski definition) is 1. The van der Waals surface area contributed by atoms with Gasteiger partial charge in [0.25, 0.3) is 0 Å². The molecule has 1 aliphatic heterocycles. The van der Waals surface area contributed by atoms with Crippen LogP contribution in [0.1, 0.15) is 56.6 Å². The molecule has 0 bridgehead atoms. The molecule has 0 aromatic carbocycles. The molecule has 0 spiro atoms. The predicted octanol–water partition coefficient (Wildman–Crippen LogP) is 3.12. The normalized spacial score (nSPS) is 23.8. The second kappa shape index (κ2) is 6.25. The molecule has 1 aromatic heterocycles. The number of aromatic nitrogens is 1. The number of anilines is 1. The highest BCUT2D eigenvalue weighted by Crippen LogP contribution is 2.34. The molecular weight excluding hydrogens is 250 g/mol. The number of amides is 1. The van der Waals surface area contributed by atoms with Crippen LogP contribution < -0.4 is 5.32 Å². The van der Waals surface area contributed by atoms with Crippen molar-refractivity contribution in [1.82, 2.24) is 9.88 Å². The number of carbonyl (C=O) groups is 1. The van der Waals surface area contributed by atoms with Crippen LogP contribution in [0.5, 0.6) is 0 Å². The van der Waals surface area contributed by atoms with Crippen molar-refractivity contribution >= 4 is 12.2 Å². The van der Waals surface area contributed by atoms with Gasteiger partial charge < -0.3 is 10.2 Å². The van der Waals surface area contributed by atoms with Gasteiger partial charge in [0.2, 0.25) is 6.41 Å². The molecule has 2 fully saturated rings. The van der Waals surface area contributed by atoms with Gasteiger partial charge in [-0.1, -0.05) is 25.3 Å². The third kappa shape index (κ3) is 2.79. The first-order valence-electron chi connectivity index (χ1n) is 7.81. The highest BCUT2D eigenvalue weighted by Gasteiger charge is 2.27. The number of nitrogens with zero attached hydrogens (tertiary/aromatic N) is 2. The average Bonchev–Trinajstić information content (AvgIpc) is 2.97. The molecule has 1 aliphatic carbocycles. The first-order chi connectivity index (χ1) is 9.88. The highest BCUT2D eigenvalue weighted by atomic mass is 16.1. The molecule has 1 atom stereocenters. The van der Waals surface area contributed by atoms with Gasteiger partial charge in [-0.2, -0.15) is 0 Å². The molecule has 1 saturated heterocycles. The standard InChI is InChI=1S/C16H23N3O/c20-12-19-11-5-9-15(19)14-8-4-10-17-16(14)18-13-6-2-1-3-7-13/h4,8,10,12-13,15H,1-3,5-7,9,11H2,(H,17,18)/t15-/m0/s1. The van der Waals surface area contributed by atoms with E-state index in [0.29, 0.717) is 6.04 Å². The lowest BCUT2D eigenvalue weighted by atomic mass is 9.95. The Morgan fingerprint density at radius 2 is 2.05 bits per heavy atom. The van der Waals surface area contributed by atoms with E-state index in [2.05, 4.69) is 16.4 Å². The largest absolute Gasteiger partial charge is 0.367 e. The smallest absolute Gasteiger partial charge is 0.210 e. The molecule has 1 aromatic rings. The average molecular weight is 273 g/mol. The zero-order chi connectivity index (χ0) is 13.8. The number of likely N-dealkylation sites (tertiary alicyclic amines) is 1. The minimum Gasteiger partial charge on any atom is -0.367 e. The summed E-state index contributed by atoms with van der Waals surface area (Å²) in [7, 11) is 0. The zero-order valence-corrected chi connectivity index (χ0v) is 11.9. The summed E-state index contributed by atoms with van der Waals surface area (Å²) >= 11 is 0. The summed E-state index contributed by atoms with van der Waals surface area (Å²) in [6.45, 7) is 0.867. The summed E-state index contributed by atoms with van der Waals surface area (Å²) in [6, 6.07) is 4.84. The van der Waals surface area contributed by atoms with Crippen LogP contribution in [0.3, 0.4) is 0 Å². The molecule has 108 valence electrons. The second-order valence-electron chi connectivity index (χ2n) is 5.92. The van der Waals surface area contributed by atoms with Gasteiger partial charge in [-0.15, -0.1) is 0 Å². The van der Waals surface area contributed by atoms with Gasteiger partial charge in [0.1, 0.15) is 5.82 Å². The lowest BCUT2D eigenvalue weighted by molar-refractivity contribution is -0.118. The van der Waals surface area contributed by atoms with Crippen molar-refractivity contribution in [3.63, 3.8) is 0 Å². The van der Waals surface area contributed by atoms with Crippen LogP contribution >= 0.6 is 0 Å². The summed E-state index contributed by atoms with van der Waals surface area (Å²) in [6.07, 6.45) is 11.4. The van der Waals surface area contributed by atoms with Crippen molar-refractivity contribution in [3.8, 4) is 0 Å². The van der Waals surface area contributed by atoms with E-state index < -0.39 is 0 Å². The molecule has 4 nitrogen and oxygen atoms in total. The van der Waals surface area contributed by atoms with E-state index in [1.54, 1.807) is 0 Å². The number of carbonyl (C=O) groups excluding carboxylic acids is 1. The minimum absolute atomic E-state index is 0.201. The van der Waals surface area contributed by atoms with Gasteiger partial charge in [0, 0.05) is 24.3 Å². The molecule has 1 amide bonds. The van der Waals surface area contributed by atoms with E-state index in [9.17, 15) is 4.79 Å².